The molecule has 4 heteroatoms. The second kappa shape index (κ2) is 6.82. The van der Waals surface area contributed by atoms with Crippen LogP contribution in [0.4, 0.5) is 5.69 Å². The van der Waals surface area contributed by atoms with E-state index < -0.39 is 0 Å². The summed E-state index contributed by atoms with van der Waals surface area (Å²) in [5.74, 6) is 0.352. The molecule has 104 valence electrons. The second-order valence-corrected chi connectivity index (χ2v) is 6.07. The molecule has 2 aromatic carbocycles. The molecule has 0 aromatic heterocycles. The van der Waals surface area contributed by atoms with Crippen molar-refractivity contribution in [2.24, 2.45) is 0 Å². The smallest absolute Gasteiger partial charge is 0.234 e. The lowest BCUT2D eigenvalue weighted by molar-refractivity contribution is -0.113. The fourth-order valence-corrected chi connectivity index (χ4v) is 2.53. The molecule has 1 amide bonds. The molecule has 0 bridgehead atoms. The van der Waals surface area contributed by atoms with E-state index in [0.29, 0.717) is 10.8 Å². The quantitative estimate of drug-likeness (QED) is 0.830. The minimum Gasteiger partial charge on any atom is -0.325 e. The van der Waals surface area contributed by atoms with Crippen molar-refractivity contribution in [3.8, 4) is 0 Å². The first-order valence-electron chi connectivity index (χ1n) is 6.30. The zero-order valence-electron chi connectivity index (χ0n) is 11.4. The van der Waals surface area contributed by atoms with Gasteiger partial charge in [-0.1, -0.05) is 35.4 Å². The monoisotopic (exact) mass is 305 g/mol. The molecule has 0 aliphatic carbocycles. The van der Waals surface area contributed by atoms with Gasteiger partial charge in [0.1, 0.15) is 0 Å². The molecule has 1 N–H and O–H groups in total. The average molecular weight is 306 g/mol. The van der Waals surface area contributed by atoms with Crippen LogP contribution in [0.25, 0.3) is 0 Å². The summed E-state index contributed by atoms with van der Waals surface area (Å²) in [6.07, 6.45) is 0. The molecule has 0 atom stereocenters. The van der Waals surface area contributed by atoms with E-state index in [-0.39, 0.29) is 5.91 Å². The van der Waals surface area contributed by atoms with Crippen LogP contribution in [0.15, 0.2) is 47.4 Å². The molecule has 20 heavy (non-hydrogen) atoms. The molecule has 0 radical (unpaired) electrons. The molecule has 0 saturated carbocycles. The molecular weight excluding hydrogens is 290 g/mol. The van der Waals surface area contributed by atoms with Crippen LogP contribution in [0.2, 0.25) is 5.02 Å². The molecule has 0 heterocycles. The molecule has 2 nitrogen and oxygen atoms in total. The summed E-state index contributed by atoms with van der Waals surface area (Å²) in [6.45, 7) is 3.98. The largest absolute Gasteiger partial charge is 0.325 e. The predicted molar refractivity (Wildman–Crippen MR) is 86.7 cm³/mol. The Hall–Kier alpha value is -1.45. The highest BCUT2D eigenvalue weighted by atomic mass is 35.5. The Labute approximate surface area is 128 Å². The van der Waals surface area contributed by atoms with Gasteiger partial charge in [-0.05, 0) is 43.7 Å². The number of halogens is 1. The summed E-state index contributed by atoms with van der Waals surface area (Å²) in [5.41, 5.74) is 2.95. The second-order valence-electron chi connectivity index (χ2n) is 4.61. The van der Waals surface area contributed by atoms with Gasteiger partial charge in [0.05, 0.1) is 5.75 Å². The summed E-state index contributed by atoms with van der Waals surface area (Å²) in [4.78, 5) is 13.0. The highest BCUT2D eigenvalue weighted by Crippen LogP contribution is 2.21. The number of amides is 1. The van der Waals surface area contributed by atoms with Gasteiger partial charge in [-0.3, -0.25) is 4.79 Å². The van der Waals surface area contributed by atoms with Gasteiger partial charge in [-0.15, -0.1) is 11.8 Å². The van der Waals surface area contributed by atoms with Gasteiger partial charge in [0, 0.05) is 15.6 Å². The predicted octanol–water partition coefficient (Wildman–Crippen LogP) is 4.69. The normalized spacial score (nSPS) is 10.3. The van der Waals surface area contributed by atoms with E-state index in [1.165, 1.54) is 17.3 Å². The summed E-state index contributed by atoms with van der Waals surface area (Å²) >= 11 is 7.55. The Kier molecular flexibility index (Phi) is 5.10. The molecule has 0 saturated heterocycles. The van der Waals surface area contributed by atoms with Crippen molar-refractivity contribution >= 4 is 35.0 Å². The molecule has 0 aliphatic rings. The molecule has 2 rings (SSSR count). The fraction of sp³-hybridized carbons (Fsp3) is 0.188. The van der Waals surface area contributed by atoms with Gasteiger partial charge in [-0.25, -0.2) is 0 Å². The Morgan fingerprint density at radius 1 is 1.15 bits per heavy atom. The maximum absolute atomic E-state index is 11.9. The average Bonchev–Trinajstić information content (AvgIpc) is 2.42. The molecule has 0 unspecified atom stereocenters. The molecular formula is C16H16ClNOS. The van der Waals surface area contributed by atoms with Crippen LogP contribution in [0.1, 0.15) is 11.1 Å². The summed E-state index contributed by atoms with van der Waals surface area (Å²) in [7, 11) is 0. The van der Waals surface area contributed by atoms with Crippen molar-refractivity contribution in [1.29, 1.82) is 0 Å². The van der Waals surface area contributed by atoms with E-state index in [2.05, 4.69) is 5.32 Å². The van der Waals surface area contributed by atoms with E-state index in [1.54, 1.807) is 6.07 Å². The zero-order chi connectivity index (χ0) is 14.5. The van der Waals surface area contributed by atoms with E-state index in [1.807, 2.05) is 50.2 Å². The first kappa shape index (κ1) is 14.9. The Balaban J connectivity index is 1.89. The Morgan fingerprint density at radius 3 is 2.50 bits per heavy atom. The number of carbonyl (C=O) groups is 1. The third-order valence-corrected chi connectivity index (χ3v) is 4.27. The number of anilines is 1. The van der Waals surface area contributed by atoms with Crippen molar-refractivity contribution in [2.45, 2.75) is 18.7 Å². The van der Waals surface area contributed by atoms with Crippen molar-refractivity contribution < 1.29 is 4.79 Å². The maximum Gasteiger partial charge on any atom is 0.234 e. The first-order chi connectivity index (χ1) is 9.54. The van der Waals surface area contributed by atoms with Crippen LogP contribution < -0.4 is 5.32 Å². The van der Waals surface area contributed by atoms with Crippen molar-refractivity contribution in [3.05, 3.63) is 58.6 Å². The number of rotatable bonds is 4. The molecule has 0 fully saturated rings. The van der Waals surface area contributed by atoms with Gasteiger partial charge in [-0.2, -0.15) is 0 Å². The van der Waals surface area contributed by atoms with Gasteiger partial charge in [0.2, 0.25) is 5.91 Å². The Bertz CT molecular complexity index is 610. The van der Waals surface area contributed by atoms with Crippen molar-refractivity contribution in [3.63, 3.8) is 0 Å². The van der Waals surface area contributed by atoms with Gasteiger partial charge in [0.25, 0.3) is 0 Å². The minimum atomic E-state index is -0.0319. The lowest BCUT2D eigenvalue weighted by atomic mass is 10.2. The minimum absolute atomic E-state index is 0.0319. The summed E-state index contributed by atoms with van der Waals surface area (Å²) in [6, 6.07) is 13.7. The van der Waals surface area contributed by atoms with Gasteiger partial charge < -0.3 is 5.32 Å². The summed E-state index contributed by atoms with van der Waals surface area (Å²) < 4.78 is 0. The SMILES string of the molecule is Cc1ccc(SCC(=O)Nc2ccc(C)c(Cl)c2)cc1. The number of nitrogens with one attached hydrogen (secondary N) is 1. The highest BCUT2D eigenvalue weighted by molar-refractivity contribution is 8.00. The van der Waals surface area contributed by atoms with Crippen LogP contribution in [0, 0.1) is 13.8 Å². The van der Waals surface area contributed by atoms with Crippen LogP contribution >= 0.6 is 23.4 Å². The van der Waals surface area contributed by atoms with Gasteiger partial charge >= 0.3 is 0 Å². The van der Waals surface area contributed by atoms with E-state index >= 15 is 0 Å². The topological polar surface area (TPSA) is 29.1 Å². The molecule has 0 aliphatic heterocycles. The lowest BCUT2D eigenvalue weighted by Gasteiger charge is -2.07. The lowest BCUT2D eigenvalue weighted by Crippen LogP contribution is -2.13. The number of benzene rings is 2. The third kappa shape index (κ3) is 4.29. The van der Waals surface area contributed by atoms with Crippen LogP contribution in [0.3, 0.4) is 0 Å². The molecule has 2 aromatic rings. The van der Waals surface area contributed by atoms with Crippen molar-refractivity contribution in [2.75, 3.05) is 11.1 Å². The third-order valence-electron chi connectivity index (χ3n) is 2.85. The number of hydrogen-bond donors (Lipinski definition) is 1. The maximum atomic E-state index is 11.9. The number of thioether (sulfide) groups is 1. The molecule has 0 spiro atoms. The first-order valence-corrected chi connectivity index (χ1v) is 7.66. The van der Waals surface area contributed by atoms with Crippen LogP contribution in [-0.2, 0) is 4.79 Å². The number of carbonyl (C=O) groups excluding carboxylic acids is 1. The van der Waals surface area contributed by atoms with Crippen LogP contribution in [-0.4, -0.2) is 11.7 Å². The van der Waals surface area contributed by atoms with Crippen molar-refractivity contribution in [1.82, 2.24) is 0 Å². The fourth-order valence-electron chi connectivity index (χ4n) is 1.65. The number of aryl methyl sites for hydroxylation is 2. The zero-order valence-corrected chi connectivity index (χ0v) is 13.0. The van der Waals surface area contributed by atoms with E-state index in [0.717, 1.165) is 16.1 Å². The van der Waals surface area contributed by atoms with Gasteiger partial charge in [0.15, 0.2) is 0 Å². The van der Waals surface area contributed by atoms with E-state index in [9.17, 15) is 4.79 Å². The highest BCUT2D eigenvalue weighted by Gasteiger charge is 2.05. The van der Waals surface area contributed by atoms with Crippen LogP contribution in [0.5, 0.6) is 0 Å². The Morgan fingerprint density at radius 2 is 1.85 bits per heavy atom. The number of hydrogen-bond acceptors (Lipinski definition) is 2. The summed E-state index contributed by atoms with van der Waals surface area (Å²) in [5, 5.41) is 3.51. The standard InChI is InChI=1S/C16H16ClNOS/c1-11-3-7-14(8-4-11)20-10-16(19)18-13-6-5-12(2)15(17)9-13/h3-9H,10H2,1-2H3,(H,18,19). The van der Waals surface area contributed by atoms with E-state index in [4.69, 9.17) is 11.6 Å².